The zero-order valence-corrected chi connectivity index (χ0v) is 11.5. The van der Waals surface area contributed by atoms with Gasteiger partial charge < -0.3 is 5.11 Å². The number of aliphatic hydroxyl groups is 1. The van der Waals surface area contributed by atoms with E-state index in [1.54, 1.807) is 0 Å². The van der Waals surface area contributed by atoms with Crippen LogP contribution in [0.3, 0.4) is 0 Å². The van der Waals surface area contributed by atoms with Crippen molar-refractivity contribution < 1.29 is 18.3 Å². The third-order valence-corrected chi connectivity index (χ3v) is 4.29. The minimum absolute atomic E-state index is 0.0238. The molecule has 0 unspecified atom stereocenters. The van der Waals surface area contributed by atoms with Gasteiger partial charge in [0.05, 0.1) is 5.60 Å². The second kappa shape index (κ2) is 6.17. The number of benzene rings is 1. The monoisotopic (exact) mass is 286 g/mol. The number of halogens is 3. The summed E-state index contributed by atoms with van der Waals surface area (Å²) >= 11 is 0. The van der Waals surface area contributed by atoms with Gasteiger partial charge in [0.2, 0.25) is 0 Å². The van der Waals surface area contributed by atoms with Crippen molar-refractivity contribution >= 4 is 0 Å². The first-order valence-electron chi connectivity index (χ1n) is 7.22. The van der Waals surface area contributed by atoms with Crippen LogP contribution in [0, 0.1) is 0 Å². The molecule has 0 atom stereocenters. The van der Waals surface area contributed by atoms with Crippen LogP contribution >= 0.6 is 0 Å². The standard InChI is InChI=1S/C16H21F3O/c17-16(18,19)10-4-9-15(20)11-7-14(8-12-15)13-5-2-1-3-6-13/h1-3,5-6,14,20H,4,7-12H2. The van der Waals surface area contributed by atoms with Crippen LogP contribution in [0.5, 0.6) is 0 Å². The van der Waals surface area contributed by atoms with Crippen molar-refractivity contribution in [2.24, 2.45) is 0 Å². The molecule has 112 valence electrons. The van der Waals surface area contributed by atoms with Crippen LogP contribution in [0.25, 0.3) is 0 Å². The largest absolute Gasteiger partial charge is 0.390 e. The lowest BCUT2D eigenvalue weighted by Gasteiger charge is -2.36. The molecule has 0 spiro atoms. The van der Waals surface area contributed by atoms with Crippen molar-refractivity contribution in [3.63, 3.8) is 0 Å². The van der Waals surface area contributed by atoms with Gasteiger partial charge in [0.15, 0.2) is 0 Å². The van der Waals surface area contributed by atoms with Gasteiger partial charge in [-0.3, -0.25) is 0 Å². The fourth-order valence-corrected chi connectivity index (χ4v) is 3.08. The summed E-state index contributed by atoms with van der Waals surface area (Å²) in [5.41, 5.74) is 0.376. The summed E-state index contributed by atoms with van der Waals surface area (Å²) in [6.07, 6.45) is -1.72. The van der Waals surface area contributed by atoms with E-state index in [1.807, 2.05) is 18.2 Å². The number of hydrogen-bond donors (Lipinski definition) is 1. The van der Waals surface area contributed by atoms with Gasteiger partial charge in [0.1, 0.15) is 0 Å². The number of rotatable bonds is 4. The van der Waals surface area contributed by atoms with E-state index in [1.165, 1.54) is 5.56 Å². The zero-order valence-electron chi connectivity index (χ0n) is 11.5. The molecule has 0 bridgehead atoms. The quantitative estimate of drug-likeness (QED) is 0.842. The minimum Gasteiger partial charge on any atom is -0.390 e. The predicted octanol–water partition coefficient (Wildman–Crippen LogP) is 4.81. The molecule has 0 amide bonds. The summed E-state index contributed by atoms with van der Waals surface area (Å²) in [6.45, 7) is 0. The zero-order chi connectivity index (χ0) is 14.6. The number of hydrogen-bond acceptors (Lipinski definition) is 1. The lowest BCUT2D eigenvalue weighted by atomic mass is 9.74. The topological polar surface area (TPSA) is 20.2 Å². The Kier molecular flexibility index (Phi) is 4.74. The predicted molar refractivity (Wildman–Crippen MR) is 72.5 cm³/mol. The van der Waals surface area contributed by atoms with Crippen LogP contribution in [0.1, 0.15) is 56.4 Å². The Hall–Kier alpha value is -1.03. The third-order valence-electron chi connectivity index (χ3n) is 4.29. The Morgan fingerprint density at radius 1 is 1.10 bits per heavy atom. The maximum atomic E-state index is 12.1. The van der Waals surface area contributed by atoms with Crippen LogP contribution in [-0.2, 0) is 0 Å². The fraction of sp³-hybridized carbons (Fsp3) is 0.625. The molecular weight excluding hydrogens is 265 g/mol. The molecule has 2 rings (SSSR count). The Morgan fingerprint density at radius 3 is 2.25 bits per heavy atom. The van der Waals surface area contributed by atoms with Crippen molar-refractivity contribution in [3.8, 4) is 0 Å². The number of alkyl halides is 3. The Balaban J connectivity index is 1.81. The van der Waals surface area contributed by atoms with Crippen molar-refractivity contribution in [1.29, 1.82) is 0 Å². The second-order valence-electron chi connectivity index (χ2n) is 5.88. The van der Waals surface area contributed by atoms with Gasteiger partial charge in [-0.1, -0.05) is 30.3 Å². The van der Waals surface area contributed by atoms with Gasteiger partial charge in [-0.05, 0) is 50.0 Å². The molecule has 1 saturated carbocycles. The SMILES string of the molecule is OC1(CCCC(F)(F)F)CCC(c2ccccc2)CC1. The van der Waals surface area contributed by atoms with Crippen molar-refractivity contribution in [3.05, 3.63) is 35.9 Å². The maximum Gasteiger partial charge on any atom is 0.389 e. The molecule has 1 fully saturated rings. The van der Waals surface area contributed by atoms with Gasteiger partial charge in [0.25, 0.3) is 0 Å². The maximum absolute atomic E-state index is 12.1. The first-order chi connectivity index (χ1) is 9.38. The first-order valence-corrected chi connectivity index (χ1v) is 7.22. The second-order valence-corrected chi connectivity index (χ2v) is 5.88. The molecule has 0 heterocycles. The average Bonchev–Trinajstić information content (AvgIpc) is 2.39. The Morgan fingerprint density at radius 2 is 1.70 bits per heavy atom. The molecule has 0 aliphatic heterocycles. The van der Waals surface area contributed by atoms with E-state index < -0.39 is 18.2 Å². The van der Waals surface area contributed by atoms with Crippen LogP contribution in [0.2, 0.25) is 0 Å². The van der Waals surface area contributed by atoms with E-state index in [4.69, 9.17) is 0 Å². The molecule has 1 nitrogen and oxygen atoms in total. The Labute approximate surface area is 117 Å². The van der Waals surface area contributed by atoms with Gasteiger partial charge in [0, 0.05) is 6.42 Å². The molecule has 0 saturated heterocycles. The molecule has 20 heavy (non-hydrogen) atoms. The van der Waals surface area contributed by atoms with E-state index in [0.29, 0.717) is 18.8 Å². The van der Waals surface area contributed by atoms with E-state index in [9.17, 15) is 18.3 Å². The van der Waals surface area contributed by atoms with Crippen LogP contribution in [0.15, 0.2) is 30.3 Å². The van der Waals surface area contributed by atoms with Crippen molar-refractivity contribution in [2.45, 2.75) is 62.6 Å². The van der Waals surface area contributed by atoms with Crippen LogP contribution < -0.4 is 0 Å². The molecule has 0 radical (unpaired) electrons. The molecule has 1 aromatic carbocycles. The van der Waals surface area contributed by atoms with E-state index >= 15 is 0 Å². The molecule has 1 aliphatic carbocycles. The van der Waals surface area contributed by atoms with E-state index in [-0.39, 0.29) is 12.8 Å². The van der Waals surface area contributed by atoms with E-state index in [0.717, 1.165) is 12.8 Å². The lowest BCUT2D eigenvalue weighted by molar-refractivity contribution is -0.138. The highest BCUT2D eigenvalue weighted by Crippen LogP contribution is 2.40. The van der Waals surface area contributed by atoms with Gasteiger partial charge in [-0.25, -0.2) is 0 Å². The summed E-state index contributed by atoms with van der Waals surface area (Å²) < 4.78 is 36.4. The molecule has 1 aromatic rings. The van der Waals surface area contributed by atoms with Crippen LogP contribution in [-0.4, -0.2) is 16.9 Å². The van der Waals surface area contributed by atoms with Crippen LogP contribution in [0.4, 0.5) is 13.2 Å². The molecular formula is C16H21F3O. The fourth-order valence-electron chi connectivity index (χ4n) is 3.08. The molecule has 0 aromatic heterocycles. The summed E-state index contributed by atoms with van der Waals surface area (Å²) in [5, 5.41) is 10.4. The van der Waals surface area contributed by atoms with Crippen molar-refractivity contribution in [2.75, 3.05) is 0 Å². The van der Waals surface area contributed by atoms with Gasteiger partial charge in [-0.15, -0.1) is 0 Å². The average molecular weight is 286 g/mol. The summed E-state index contributed by atoms with van der Waals surface area (Å²) in [6, 6.07) is 10.1. The molecule has 4 heteroatoms. The lowest BCUT2D eigenvalue weighted by Crippen LogP contribution is -2.33. The minimum atomic E-state index is -4.11. The normalized spacial score (nSPS) is 27.5. The van der Waals surface area contributed by atoms with Gasteiger partial charge >= 0.3 is 6.18 Å². The van der Waals surface area contributed by atoms with Crippen molar-refractivity contribution in [1.82, 2.24) is 0 Å². The molecule has 1 N–H and O–H groups in total. The van der Waals surface area contributed by atoms with E-state index in [2.05, 4.69) is 12.1 Å². The smallest absolute Gasteiger partial charge is 0.389 e. The summed E-state index contributed by atoms with van der Waals surface area (Å²) in [4.78, 5) is 0. The third kappa shape index (κ3) is 4.51. The van der Waals surface area contributed by atoms with Gasteiger partial charge in [-0.2, -0.15) is 13.2 Å². The Bertz CT molecular complexity index is 405. The highest BCUT2D eigenvalue weighted by Gasteiger charge is 2.35. The first kappa shape index (κ1) is 15.4. The molecule has 1 aliphatic rings. The summed E-state index contributed by atoms with van der Waals surface area (Å²) in [5.74, 6) is 0.430. The highest BCUT2D eigenvalue weighted by molar-refractivity contribution is 5.20. The highest BCUT2D eigenvalue weighted by atomic mass is 19.4. The summed E-state index contributed by atoms with van der Waals surface area (Å²) in [7, 11) is 0.